The molecule has 1 fully saturated rings. The van der Waals surface area contributed by atoms with Crippen molar-refractivity contribution in [2.75, 3.05) is 13.1 Å². The van der Waals surface area contributed by atoms with Crippen LogP contribution >= 0.6 is 0 Å². The van der Waals surface area contributed by atoms with E-state index in [2.05, 4.69) is 95.6 Å². The van der Waals surface area contributed by atoms with E-state index in [0.717, 1.165) is 41.8 Å². The highest BCUT2D eigenvalue weighted by Crippen LogP contribution is 2.46. The SMILES string of the molecule is [O-]c1c(-c2ccccc2)cc(C(c2ccccc2)C2Cc3ccccc3C2=[N+]2CCCC2)cc1-c1ccccc1. The first-order valence-corrected chi connectivity index (χ1v) is 14.5. The lowest BCUT2D eigenvalue weighted by Gasteiger charge is -2.28. The highest BCUT2D eigenvalue weighted by Gasteiger charge is 2.42. The van der Waals surface area contributed by atoms with Crippen molar-refractivity contribution in [1.29, 1.82) is 0 Å². The van der Waals surface area contributed by atoms with Gasteiger partial charge < -0.3 is 5.11 Å². The van der Waals surface area contributed by atoms with Gasteiger partial charge in [0.05, 0.1) is 5.92 Å². The summed E-state index contributed by atoms with van der Waals surface area (Å²) in [5.74, 6) is 0.504. The highest BCUT2D eigenvalue weighted by molar-refractivity contribution is 6.04. The van der Waals surface area contributed by atoms with Crippen LogP contribution in [0.2, 0.25) is 0 Å². The average molecular weight is 520 g/mol. The van der Waals surface area contributed by atoms with Crippen LogP contribution in [-0.2, 0) is 6.42 Å². The van der Waals surface area contributed by atoms with E-state index in [4.69, 9.17) is 0 Å². The van der Waals surface area contributed by atoms with E-state index < -0.39 is 0 Å². The molecular formula is C38H33NO. The summed E-state index contributed by atoms with van der Waals surface area (Å²) in [5.41, 5.74) is 10.3. The van der Waals surface area contributed by atoms with Gasteiger partial charge in [0.15, 0.2) is 5.71 Å². The zero-order chi connectivity index (χ0) is 26.9. The van der Waals surface area contributed by atoms with Crippen LogP contribution in [0.25, 0.3) is 22.3 Å². The van der Waals surface area contributed by atoms with Gasteiger partial charge in [-0.2, -0.15) is 0 Å². The first-order chi connectivity index (χ1) is 19.8. The van der Waals surface area contributed by atoms with Gasteiger partial charge in [-0.1, -0.05) is 127 Å². The third-order valence-corrected chi connectivity index (χ3v) is 8.73. The van der Waals surface area contributed by atoms with E-state index in [1.54, 1.807) is 0 Å². The minimum Gasteiger partial charge on any atom is -0.872 e. The van der Waals surface area contributed by atoms with Crippen molar-refractivity contribution in [2.45, 2.75) is 25.2 Å². The number of nitrogens with zero attached hydrogens (tertiary/aromatic N) is 1. The number of hydrogen-bond donors (Lipinski definition) is 0. The summed E-state index contributed by atoms with van der Waals surface area (Å²) in [5, 5.41) is 14.0. The molecule has 5 aromatic carbocycles. The second kappa shape index (κ2) is 10.6. The third kappa shape index (κ3) is 4.44. The minimum atomic E-state index is 0.0893. The van der Waals surface area contributed by atoms with Gasteiger partial charge in [0.1, 0.15) is 13.1 Å². The van der Waals surface area contributed by atoms with Crippen LogP contribution in [-0.4, -0.2) is 23.4 Å². The fourth-order valence-corrected chi connectivity index (χ4v) is 6.93. The number of benzene rings is 5. The Morgan fingerprint density at radius 1 is 0.575 bits per heavy atom. The molecule has 0 radical (unpaired) electrons. The molecule has 2 unspecified atom stereocenters. The summed E-state index contributed by atoms with van der Waals surface area (Å²) >= 11 is 0. The van der Waals surface area contributed by atoms with E-state index in [0.29, 0.717) is 5.92 Å². The summed E-state index contributed by atoms with van der Waals surface area (Å²) < 4.78 is 2.64. The molecule has 1 aliphatic heterocycles. The molecule has 40 heavy (non-hydrogen) atoms. The molecule has 1 saturated heterocycles. The molecule has 196 valence electrons. The van der Waals surface area contributed by atoms with E-state index >= 15 is 0 Å². The minimum absolute atomic E-state index is 0.0893. The lowest BCUT2D eigenvalue weighted by molar-refractivity contribution is -0.507. The maximum absolute atomic E-state index is 14.0. The number of fused-ring (bicyclic) bond motifs is 1. The molecule has 2 aliphatic rings. The highest BCUT2D eigenvalue weighted by atomic mass is 16.3. The fraction of sp³-hybridized carbons (Fsp3) is 0.184. The first kappa shape index (κ1) is 24.6. The third-order valence-electron chi connectivity index (χ3n) is 8.73. The quantitative estimate of drug-likeness (QED) is 0.219. The molecule has 5 aromatic rings. The van der Waals surface area contributed by atoms with Crippen molar-refractivity contribution in [2.24, 2.45) is 5.92 Å². The molecular weight excluding hydrogens is 486 g/mol. The Labute approximate surface area is 236 Å². The zero-order valence-electron chi connectivity index (χ0n) is 22.7. The Balaban J connectivity index is 1.48. The Bertz CT molecular complexity index is 1600. The monoisotopic (exact) mass is 519 g/mol. The van der Waals surface area contributed by atoms with Gasteiger partial charge in [-0.05, 0) is 51.4 Å². The summed E-state index contributed by atoms with van der Waals surface area (Å²) in [7, 11) is 0. The smallest absolute Gasteiger partial charge is 0.187 e. The Morgan fingerprint density at radius 2 is 1.10 bits per heavy atom. The average Bonchev–Trinajstić information content (AvgIpc) is 3.67. The predicted octanol–water partition coefficient (Wildman–Crippen LogP) is 7.69. The van der Waals surface area contributed by atoms with Gasteiger partial charge in [-0.3, -0.25) is 0 Å². The Morgan fingerprint density at radius 3 is 1.70 bits per heavy atom. The molecule has 0 spiro atoms. The van der Waals surface area contributed by atoms with Gasteiger partial charge in [0.2, 0.25) is 0 Å². The molecule has 0 bridgehead atoms. The molecule has 1 heterocycles. The summed E-state index contributed by atoms with van der Waals surface area (Å²) in [4.78, 5) is 0. The molecule has 2 nitrogen and oxygen atoms in total. The Hall–Kier alpha value is -4.43. The summed E-state index contributed by atoms with van der Waals surface area (Å²) in [6.45, 7) is 2.23. The molecule has 0 amide bonds. The van der Waals surface area contributed by atoms with Gasteiger partial charge in [-0.15, -0.1) is 0 Å². The topological polar surface area (TPSA) is 26.1 Å². The van der Waals surface area contributed by atoms with E-state index in [9.17, 15) is 5.11 Å². The van der Waals surface area contributed by atoms with Crippen LogP contribution < -0.4 is 5.11 Å². The van der Waals surface area contributed by atoms with Crippen molar-refractivity contribution >= 4 is 5.71 Å². The van der Waals surface area contributed by atoms with E-state index in [1.807, 2.05) is 36.4 Å². The van der Waals surface area contributed by atoms with E-state index in [-0.39, 0.29) is 11.7 Å². The van der Waals surface area contributed by atoms with Crippen LogP contribution in [0.15, 0.2) is 127 Å². The largest absolute Gasteiger partial charge is 0.872 e. The molecule has 2 atom stereocenters. The van der Waals surface area contributed by atoms with Crippen LogP contribution in [0, 0.1) is 5.92 Å². The van der Waals surface area contributed by atoms with Crippen LogP contribution in [0.1, 0.15) is 41.0 Å². The molecule has 7 rings (SSSR count). The van der Waals surface area contributed by atoms with Gasteiger partial charge >= 0.3 is 0 Å². The summed E-state index contributed by atoms with van der Waals surface area (Å²) in [6.07, 6.45) is 3.49. The van der Waals surface area contributed by atoms with Crippen LogP contribution in [0.3, 0.4) is 0 Å². The zero-order valence-corrected chi connectivity index (χ0v) is 22.7. The van der Waals surface area contributed by atoms with Crippen molar-refractivity contribution in [3.63, 3.8) is 0 Å². The van der Waals surface area contributed by atoms with Gasteiger partial charge in [0.25, 0.3) is 0 Å². The van der Waals surface area contributed by atoms with Gasteiger partial charge in [-0.25, -0.2) is 4.58 Å². The molecule has 0 N–H and O–H groups in total. The fourth-order valence-electron chi connectivity index (χ4n) is 6.93. The molecule has 1 aliphatic carbocycles. The van der Waals surface area contributed by atoms with Crippen molar-refractivity contribution in [3.05, 3.63) is 150 Å². The number of hydrogen-bond acceptors (Lipinski definition) is 1. The second-order valence-corrected chi connectivity index (χ2v) is 11.1. The normalized spacial score (nSPS) is 17.1. The second-order valence-electron chi connectivity index (χ2n) is 11.1. The molecule has 2 heteroatoms. The van der Waals surface area contributed by atoms with Gasteiger partial charge in [0, 0.05) is 24.3 Å². The predicted molar refractivity (Wildman–Crippen MR) is 162 cm³/mol. The maximum Gasteiger partial charge on any atom is 0.187 e. The van der Waals surface area contributed by atoms with Crippen molar-refractivity contribution < 1.29 is 9.68 Å². The lowest BCUT2D eigenvalue weighted by atomic mass is 9.76. The molecule has 0 saturated carbocycles. The van der Waals surface area contributed by atoms with E-state index in [1.165, 1.54) is 40.8 Å². The maximum atomic E-state index is 14.0. The standard InChI is InChI=1S/C38H33NO/c40-38-33(27-14-4-1-5-15-27)25-31(26-34(38)28-16-6-2-7-17-28)36(29-18-8-3-9-19-29)35-24-30-20-10-11-21-32(30)37(35)39-22-12-13-23-39/h1-11,14-21,25-26,35-36H,12-13,22-24H2. The van der Waals surface area contributed by atoms with Crippen molar-refractivity contribution in [1.82, 2.24) is 0 Å². The number of rotatable bonds is 5. The Kier molecular flexibility index (Phi) is 6.53. The first-order valence-electron chi connectivity index (χ1n) is 14.5. The lowest BCUT2D eigenvalue weighted by Crippen LogP contribution is -2.29. The van der Waals surface area contributed by atoms with Crippen molar-refractivity contribution in [3.8, 4) is 28.0 Å². The molecule has 0 aromatic heterocycles. The van der Waals surface area contributed by atoms with Crippen LogP contribution in [0.4, 0.5) is 0 Å². The summed E-state index contributed by atoms with van der Waals surface area (Å²) in [6, 6.07) is 44.6. The van der Waals surface area contributed by atoms with Crippen LogP contribution in [0.5, 0.6) is 5.75 Å².